The molecule has 0 amide bonds. The van der Waals surface area contributed by atoms with Crippen LogP contribution in [0.3, 0.4) is 0 Å². The summed E-state index contributed by atoms with van der Waals surface area (Å²) in [6.45, 7) is 4.65. The lowest BCUT2D eigenvalue weighted by atomic mass is 9.89. The minimum Gasteiger partial charge on any atom is -0.350 e. The SMILES string of the molecule is Cn1cc(C2CCN(CCCCCCCN)CC2)c2ccccc21. The van der Waals surface area contributed by atoms with Gasteiger partial charge in [0, 0.05) is 24.1 Å². The van der Waals surface area contributed by atoms with Crippen LogP contribution in [0.4, 0.5) is 0 Å². The van der Waals surface area contributed by atoms with Crippen molar-refractivity contribution in [2.45, 2.75) is 50.9 Å². The van der Waals surface area contributed by atoms with Gasteiger partial charge in [-0.2, -0.15) is 0 Å². The molecule has 1 aromatic heterocycles. The summed E-state index contributed by atoms with van der Waals surface area (Å²) in [5.41, 5.74) is 8.48. The molecule has 0 bridgehead atoms. The van der Waals surface area contributed by atoms with Gasteiger partial charge in [-0.3, -0.25) is 0 Å². The molecule has 3 nitrogen and oxygen atoms in total. The third-order valence-electron chi connectivity index (χ3n) is 5.63. The van der Waals surface area contributed by atoms with E-state index in [1.165, 1.54) is 75.5 Å². The highest BCUT2D eigenvalue weighted by molar-refractivity contribution is 5.84. The summed E-state index contributed by atoms with van der Waals surface area (Å²) < 4.78 is 2.29. The minimum absolute atomic E-state index is 0.733. The Kier molecular flexibility index (Phi) is 6.33. The van der Waals surface area contributed by atoms with Crippen molar-refractivity contribution in [2.24, 2.45) is 12.8 Å². The van der Waals surface area contributed by atoms with Crippen LogP contribution in [0.1, 0.15) is 56.4 Å². The fraction of sp³-hybridized carbons (Fsp3) is 0.619. The lowest BCUT2D eigenvalue weighted by Crippen LogP contribution is -2.33. The number of rotatable bonds is 8. The van der Waals surface area contributed by atoms with Gasteiger partial charge in [-0.05, 0) is 69.4 Å². The molecule has 1 aliphatic heterocycles. The third kappa shape index (κ3) is 4.20. The molecule has 1 saturated heterocycles. The monoisotopic (exact) mass is 327 g/mol. The molecule has 0 spiro atoms. The molecule has 2 N–H and O–H groups in total. The molecule has 3 heteroatoms. The van der Waals surface area contributed by atoms with Gasteiger partial charge >= 0.3 is 0 Å². The van der Waals surface area contributed by atoms with Crippen molar-refractivity contribution in [3.05, 3.63) is 36.0 Å². The van der Waals surface area contributed by atoms with Gasteiger partial charge in [0.05, 0.1) is 0 Å². The molecule has 24 heavy (non-hydrogen) atoms. The Labute approximate surface area is 146 Å². The van der Waals surface area contributed by atoms with E-state index in [-0.39, 0.29) is 0 Å². The highest BCUT2D eigenvalue weighted by Crippen LogP contribution is 2.34. The molecule has 1 fully saturated rings. The molecule has 0 radical (unpaired) electrons. The quantitative estimate of drug-likeness (QED) is 0.735. The van der Waals surface area contributed by atoms with E-state index in [9.17, 15) is 0 Å². The second kappa shape index (κ2) is 8.68. The minimum atomic E-state index is 0.733. The summed E-state index contributed by atoms with van der Waals surface area (Å²) in [6, 6.07) is 8.84. The summed E-state index contributed by atoms with van der Waals surface area (Å²) in [6.07, 6.45) is 11.5. The average Bonchev–Trinajstić information content (AvgIpc) is 2.96. The van der Waals surface area contributed by atoms with Crippen molar-refractivity contribution in [2.75, 3.05) is 26.2 Å². The smallest absolute Gasteiger partial charge is 0.0480 e. The van der Waals surface area contributed by atoms with Crippen molar-refractivity contribution in [1.29, 1.82) is 0 Å². The van der Waals surface area contributed by atoms with Gasteiger partial charge in [0.2, 0.25) is 0 Å². The normalized spacial score (nSPS) is 16.9. The third-order valence-corrected chi connectivity index (χ3v) is 5.63. The number of aryl methyl sites for hydroxylation is 1. The highest BCUT2D eigenvalue weighted by Gasteiger charge is 2.22. The van der Waals surface area contributed by atoms with Crippen molar-refractivity contribution in [3.63, 3.8) is 0 Å². The Morgan fingerprint density at radius 2 is 1.71 bits per heavy atom. The number of hydrogen-bond donors (Lipinski definition) is 1. The zero-order valence-corrected chi connectivity index (χ0v) is 15.2. The van der Waals surface area contributed by atoms with E-state index in [2.05, 4.69) is 47.0 Å². The first kappa shape index (κ1) is 17.5. The van der Waals surface area contributed by atoms with Crippen LogP contribution >= 0.6 is 0 Å². The van der Waals surface area contributed by atoms with Crippen LogP contribution in [-0.2, 0) is 7.05 Å². The first-order chi connectivity index (χ1) is 11.8. The van der Waals surface area contributed by atoms with Crippen molar-refractivity contribution >= 4 is 10.9 Å². The fourth-order valence-corrected chi connectivity index (χ4v) is 4.18. The Balaban J connectivity index is 1.46. The molecular formula is C21H33N3. The molecule has 0 atom stereocenters. The molecule has 2 heterocycles. The number of hydrogen-bond acceptors (Lipinski definition) is 2. The van der Waals surface area contributed by atoms with Crippen molar-refractivity contribution in [3.8, 4) is 0 Å². The van der Waals surface area contributed by atoms with E-state index in [1.807, 2.05) is 0 Å². The highest BCUT2D eigenvalue weighted by atomic mass is 15.1. The lowest BCUT2D eigenvalue weighted by molar-refractivity contribution is 0.208. The number of aromatic nitrogens is 1. The number of benzene rings is 1. The number of piperidine rings is 1. The summed E-state index contributed by atoms with van der Waals surface area (Å²) in [7, 11) is 2.17. The molecule has 0 unspecified atom stereocenters. The predicted molar refractivity (Wildman–Crippen MR) is 103 cm³/mol. The Hall–Kier alpha value is -1.32. The van der Waals surface area contributed by atoms with E-state index >= 15 is 0 Å². The van der Waals surface area contributed by atoms with E-state index in [1.54, 1.807) is 5.56 Å². The first-order valence-corrected chi connectivity index (χ1v) is 9.76. The lowest BCUT2D eigenvalue weighted by Gasteiger charge is -2.32. The molecule has 0 aliphatic carbocycles. The van der Waals surface area contributed by atoms with Gasteiger partial charge in [0.1, 0.15) is 0 Å². The summed E-state index contributed by atoms with van der Waals surface area (Å²) >= 11 is 0. The second-order valence-corrected chi connectivity index (χ2v) is 7.38. The number of nitrogens with zero attached hydrogens (tertiary/aromatic N) is 2. The van der Waals surface area contributed by atoms with Gasteiger partial charge in [0.25, 0.3) is 0 Å². The predicted octanol–water partition coefficient (Wildman–Crippen LogP) is 4.27. The maximum atomic E-state index is 5.55. The molecule has 1 aliphatic rings. The van der Waals surface area contributed by atoms with Gasteiger partial charge < -0.3 is 15.2 Å². The first-order valence-electron chi connectivity index (χ1n) is 9.76. The zero-order valence-electron chi connectivity index (χ0n) is 15.2. The Bertz CT molecular complexity index is 623. The van der Waals surface area contributed by atoms with Gasteiger partial charge in [-0.25, -0.2) is 0 Å². The zero-order chi connectivity index (χ0) is 16.8. The number of nitrogens with two attached hydrogens (primary N) is 1. The number of unbranched alkanes of at least 4 members (excludes halogenated alkanes) is 4. The molecular weight excluding hydrogens is 294 g/mol. The van der Waals surface area contributed by atoms with Crippen LogP contribution in [0.5, 0.6) is 0 Å². The van der Waals surface area contributed by atoms with Gasteiger partial charge in [-0.1, -0.05) is 37.5 Å². The summed E-state index contributed by atoms with van der Waals surface area (Å²) in [4.78, 5) is 2.67. The summed E-state index contributed by atoms with van der Waals surface area (Å²) in [5.74, 6) is 0.733. The standard InChI is InChI=1S/C21H33N3/c1-23-17-20(19-9-5-6-10-21(19)23)18-11-15-24(16-12-18)14-8-4-2-3-7-13-22/h5-6,9-10,17-18H,2-4,7-8,11-16,22H2,1H3. The van der Waals surface area contributed by atoms with Crippen LogP contribution < -0.4 is 5.73 Å². The number of fused-ring (bicyclic) bond motifs is 1. The van der Waals surface area contributed by atoms with E-state index in [4.69, 9.17) is 5.73 Å². The average molecular weight is 328 g/mol. The van der Waals surface area contributed by atoms with E-state index < -0.39 is 0 Å². The topological polar surface area (TPSA) is 34.2 Å². The second-order valence-electron chi connectivity index (χ2n) is 7.38. The van der Waals surface area contributed by atoms with Crippen molar-refractivity contribution < 1.29 is 0 Å². The van der Waals surface area contributed by atoms with E-state index in [0.717, 1.165) is 12.5 Å². The Morgan fingerprint density at radius 1 is 1.00 bits per heavy atom. The molecule has 0 saturated carbocycles. The molecule has 1 aromatic carbocycles. The number of likely N-dealkylation sites (tertiary alicyclic amines) is 1. The largest absolute Gasteiger partial charge is 0.350 e. The van der Waals surface area contributed by atoms with E-state index in [0.29, 0.717) is 0 Å². The maximum absolute atomic E-state index is 5.55. The van der Waals surface area contributed by atoms with Crippen LogP contribution in [-0.4, -0.2) is 35.6 Å². The van der Waals surface area contributed by atoms with Crippen LogP contribution in [0.25, 0.3) is 10.9 Å². The summed E-state index contributed by atoms with van der Waals surface area (Å²) in [5, 5.41) is 1.46. The fourth-order valence-electron chi connectivity index (χ4n) is 4.18. The van der Waals surface area contributed by atoms with Crippen molar-refractivity contribution in [1.82, 2.24) is 9.47 Å². The number of para-hydroxylation sites is 1. The van der Waals surface area contributed by atoms with Gasteiger partial charge in [0.15, 0.2) is 0 Å². The molecule has 2 aromatic rings. The van der Waals surface area contributed by atoms with Crippen LogP contribution in [0, 0.1) is 0 Å². The maximum Gasteiger partial charge on any atom is 0.0480 e. The molecule has 132 valence electrons. The van der Waals surface area contributed by atoms with Crippen LogP contribution in [0.15, 0.2) is 30.5 Å². The Morgan fingerprint density at radius 3 is 2.50 bits per heavy atom. The molecule has 3 rings (SSSR count). The van der Waals surface area contributed by atoms with Gasteiger partial charge in [-0.15, -0.1) is 0 Å². The van der Waals surface area contributed by atoms with Crippen LogP contribution in [0.2, 0.25) is 0 Å².